The van der Waals surface area contributed by atoms with Crippen molar-refractivity contribution in [2.24, 2.45) is 0 Å². The van der Waals surface area contributed by atoms with Crippen LogP contribution in [0.4, 0.5) is 17.2 Å². The minimum atomic E-state index is -0.481. The summed E-state index contributed by atoms with van der Waals surface area (Å²) in [7, 11) is 0. The number of non-ortho nitro benzene ring substituents is 1. The number of halogens is 2. The Kier molecular flexibility index (Phi) is 3.59. The number of nitrogens with one attached hydrogen (secondary N) is 1. The lowest BCUT2D eigenvalue weighted by atomic mass is 10.3. The van der Waals surface area contributed by atoms with E-state index < -0.39 is 4.92 Å². The zero-order valence-corrected chi connectivity index (χ0v) is 10.3. The quantitative estimate of drug-likeness (QED) is 0.404. The van der Waals surface area contributed by atoms with Crippen LogP contribution < -0.4 is 5.32 Å². The topological polar surface area (TPSA) is 81.0 Å². The van der Waals surface area contributed by atoms with Gasteiger partial charge in [-0.1, -0.05) is 17.7 Å². The molecule has 8 heteroatoms. The van der Waals surface area contributed by atoms with Crippen molar-refractivity contribution in [2.75, 3.05) is 5.32 Å². The van der Waals surface area contributed by atoms with Crippen molar-refractivity contribution in [1.82, 2.24) is 9.97 Å². The lowest BCUT2D eigenvalue weighted by Gasteiger charge is -2.05. The monoisotopic (exact) mass is 284 g/mol. The normalized spacial score (nSPS) is 10.1. The third kappa shape index (κ3) is 3.06. The van der Waals surface area contributed by atoms with Crippen LogP contribution in [0.5, 0.6) is 0 Å². The van der Waals surface area contributed by atoms with Crippen molar-refractivity contribution in [3.63, 3.8) is 0 Å². The molecule has 1 N–H and O–H groups in total. The van der Waals surface area contributed by atoms with Crippen LogP contribution in [0.3, 0.4) is 0 Å². The van der Waals surface area contributed by atoms with Crippen molar-refractivity contribution in [3.8, 4) is 0 Å². The van der Waals surface area contributed by atoms with E-state index in [0.29, 0.717) is 11.5 Å². The molecule has 1 aromatic carbocycles. The van der Waals surface area contributed by atoms with Gasteiger partial charge in [0.2, 0.25) is 5.28 Å². The van der Waals surface area contributed by atoms with Gasteiger partial charge in [0.05, 0.1) is 4.92 Å². The number of nitrogens with zero attached hydrogens (tertiary/aromatic N) is 3. The first kappa shape index (κ1) is 12.5. The van der Waals surface area contributed by atoms with E-state index in [1.54, 1.807) is 12.1 Å². The molecular weight excluding hydrogens is 279 g/mol. The lowest BCUT2D eigenvalue weighted by molar-refractivity contribution is -0.384. The average Bonchev–Trinajstić information content (AvgIpc) is 2.27. The Bertz CT molecular complexity index is 586. The van der Waals surface area contributed by atoms with Gasteiger partial charge >= 0.3 is 0 Å². The smallest absolute Gasteiger partial charge is 0.271 e. The molecule has 0 aliphatic rings. The molecular formula is C10H6Cl2N4O2. The molecule has 0 aliphatic heterocycles. The molecule has 0 spiro atoms. The van der Waals surface area contributed by atoms with Gasteiger partial charge in [0.25, 0.3) is 5.69 Å². The molecule has 1 heterocycles. The first-order chi connectivity index (χ1) is 8.54. The molecule has 2 rings (SSSR count). The van der Waals surface area contributed by atoms with E-state index in [-0.39, 0.29) is 16.1 Å². The van der Waals surface area contributed by atoms with Crippen LogP contribution in [0.1, 0.15) is 0 Å². The Labute approximate surface area is 112 Å². The third-order valence-corrected chi connectivity index (χ3v) is 2.36. The average molecular weight is 285 g/mol. The number of nitro benzene ring substituents is 1. The molecule has 0 aliphatic carbocycles. The standard InChI is InChI=1S/C10H6Cl2N4O2/c11-8-5-9(15-10(12)14-8)13-6-2-1-3-7(4-6)16(17)18/h1-5H,(H,13,14,15). The van der Waals surface area contributed by atoms with E-state index in [4.69, 9.17) is 23.2 Å². The number of benzene rings is 1. The molecule has 0 saturated heterocycles. The summed E-state index contributed by atoms with van der Waals surface area (Å²) in [4.78, 5) is 17.7. The Balaban J connectivity index is 2.28. The minimum absolute atomic E-state index is 0.00423. The highest BCUT2D eigenvalue weighted by molar-refractivity contribution is 6.32. The molecule has 0 saturated carbocycles. The summed E-state index contributed by atoms with van der Waals surface area (Å²) in [5.74, 6) is 0.362. The number of rotatable bonds is 3. The van der Waals surface area contributed by atoms with Gasteiger partial charge in [-0.2, -0.15) is 0 Å². The second kappa shape index (κ2) is 5.16. The van der Waals surface area contributed by atoms with Crippen molar-refractivity contribution in [3.05, 3.63) is 50.9 Å². The SMILES string of the molecule is O=[N+]([O-])c1cccc(Nc2cc(Cl)nc(Cl)n2)c1. The van der Waals surface area contributed by atoms with Gasteiger partial charge in [-0.3, -0.25) is 10.1 Å². The minimum Gasteiger partial charge on any atom is -0.340 e. The second-order valence-electron chi connectivity index (χ2n) is 3.28. The fraction of sp³-hybridized carbons (Fsp3) is 0. The summed E-state index contributed by atoms with van der Waals surface area (Å²) < 4.78 is 0. The van der Waals surface area contributed by atoms with E-state index in [2.05, 4.69) is 15.3 Å². The fourth-order valence-electron chi connectivity index (χ4n) is 1.30. The van der Waals surface area contributed by atoms with Crippen LogP contribution in [-0.4, -0.2) is 14.9 Å². The van der Waals surface area contributed by atoms with E-state index in [1.165, 1.54) is 18.2 Å². The van der Waals surface area contributed by atoms with Gasteiger partial charge in [-0.25, -0.2) is 9.97 Å². The predicted octanol–water partition coefficient (Wildman–Crippen LogP) is 3.44. The lowest BCUT2D eigenvalue weighted by Crippen LogP contribution is -1.96. The van der Waals surface area contributed by atoms with Crippen molar-refractivity contribution in [2.45, 2.75) is 0 Å². The first-order valence-corrected chi connectivity index (χ1v) is 5.52. The fourth-order valence-corrected chi connectivity index (χ4v) is 1.71. The van der Waals surface area contributed by atoms with Gasteiger partial charge in [0, 0.05) is 23.9 Å². The number of nitro groups is 1. The van der Waals surface area contributed by atoms with Crippen LogP contribution in [0.15, 0.2) is 30.3 Å². The molecule has 2 aromatic rings. The van der Waals surface area contributed by atoms with E-state index in [0.717, 1.165) is 0 Å². The molecule has 18 heavy (non-hydrogen) atoms. The van der Waals surface area contributed by atoms with Crippen molar-refractivity contribution in [1.29, 1.82) is 0 Å². The van der Waals surface area contributed by atoms with E-state index >= 15 is 0 Å². The Morgan fingerprint density at radius 2 is 2.00 bits per heavy atom. The zero-order valence-electron chi connectivity index (χ0n) is 8.80. The molecule has 0 bridgehead atoms. The number of hydrogen-bond donors (Lipinski definition) is 1. The van der Waals surface area contributed by atoms with Crippen LogP contribution in [0.25, 0.3) is 0 Å². The van der Waals surface area contributed by atoms with Gasteiger partial charge in [0.1, 0.15) is 11.0 Å². The molecule has 0 radical (unpaired) electrons. The maximum atomic E-state index is 10.6. The highest BCUT2D eigenvalue weighted by Gasteiger charge is 2.07. The van der Waals surface area contributed by atoms with Crippen LogP contribution in [0.2, 0.25) is 10.4 Å². The molecule has 0 amide bonds. The van der Waals surface area contributed by atoms with Gasteiger partial charge in [-0.15, -0.1) is 0 Å². The first-order valence-electron chi connectivity index (χ1n) is 4.76. The van der Waals surface area contributed by atoms with Gasteiger partial charge < -0.3 is 5.32 Å². The molecule has 0 atom stereocenters. The highest BCUT2D eigenvalue weighted by Crippen LogP contribution is 2.22. The molecule has 0 unspecified atom stereocenters. The maximum Gasteiger partial charge on any atom is 0.271 e. The summed E-state index contributed by atoms with van der Waals surface area (Å²) in [6.07, 6.45) is 0. The second-order valence-corrected chi connectivity index (χ2v) is 4.00. The summed E-state index contributed by atoms with van der Waals surface area (Å²) in [6.45, 7) is 0. The van der Waals surface area contributed by atoms with Crippen molar-refractivity contribution >= 4 is 40.4 Å². The van der Waals surface area contributed by atoms with Crippen LogP contribution >= 0.6 is 23.2 Å². The van der Waals surface area contributed by atoms with Crippen LogP contribution in [0, 0.1) is 10.1 Å². The van der Waals surface area contributed by atoms with Crippen LogP contribution in [-0.2, 0) is 0 Å². The van der Waals surface area contributed by atoms with Gasteiger partial charge in [-0.05, 0) is 17.7 Å². The summed E-state index contributed by atoms with van der Waals surface area (Å²) in [5, 5.41) is 13.7. The molecule has 92 valence electrons. The number of aromatic nitrogens is 2. The summed E-state index contributed by atoms with van der Waals surface area (Å²) >= 11 is 11.4. The Hall–Kier alpha value is -1.92. The van der Waals surface area contributed by atoms with E-state index in [9.17, 15) is 10.1 Å². The summed E-state index contributed by atoms with van der Waals surface area (Å²) in [6, 6.07) is 7.46. The molecule has 0 fully saturated rings. The zero-order chi connectivity index (χ0) is 13.1. The van der Waals surface area contributed by atoms with Crippen molar-refractivity contribution < 1.29 is 4.92 Å². The Morgan fingerprint density at radius 3 is 2.67 bits per heavy atom. The third-order valence-electron chi connectivity index (χ3n) is 2.00. The number of anilines is 2. The van der Waals surface area contributed by atoms with E-state index in [1.807, 2.05) is 0 Å². The Morgan fingerprint density at radius 1 is 1.22 bits per heavy atom. The summed E-state index contributed by atoms with van der Waals surface area (Å²) in [5.41, 5.74) is 0.487. The molecule has 6 nitrogen and oxygen atoms in total. The van der Waals surface area contributed by atoms with Gasteiger partial charge in [0.15, 0.2) is 0 Å². The number of hydrogen-bond acceptors (Lipinski definition) is 5. The highest BCUT2D eigenvalue weighted by atomic mass is 35.5. The largest absolute Gasteiger partial charge is 0.340 e. The predicted molar refractivity (Wildman–Crippen MR) is 68.4 cm³/mol. The molecule has 1 aromatic heterocycles. The maximum absolute atomic E-state index is 10.6.